The number of nitrogens with zero attached hydrogens (tertiary/aromatic N) is 3. The van der Waals surface area contributed by atoms with Crippen LogP contribution >= 0.6 is 22.9 Å². The van der Waals surface area contributed by atoms with E-state index in [1.807, 2.05) is 0 Å². The van der Waals surface area contributed by atoms with Crippen LogP contribution in [-0.4, -0.2) is 29.6 Å². The van der Waals surface area contributed by atoms with E-state index in [1.54, 1.807) is 6.07 Å². The number of benzene rings is 1. The highest BCUT2D eigenvalue weighted by Crippen LogP contribution is 2.47. The van der Waals surface area contributed by atoms with Gasteiger partial charge in [-0.25, -0.2) is 27.8 Å². The molecule has 7 nitrogen and oxygen atoms in total. The van der Waals surface area contributed by atoms with Crippen LogP contribution in [0.3, 0.4) is 0 Å². The van der Waals surface area contributed by atoms with E-state index in [-0.39, 0.29) is 22.2 Å². The van der Waals surface area contributed by atoms with Crippen molar-refractivity contribution in [3.63, 3.8) is 0 Å². The number of nitrogens with one attached hydrogen (secondary N) is 1. The smallest absolute Gasteiger partial charge is 0.229 e. The maximum Gasteiger partial charge on any atom is 0.229 e. The molecule has 0 unspecified atom stereocenters. The number of halogens is 2. The lowest BCUT2D eigenvalue weighted by Crippen LogP contribution is -2.11. The minimum Gasteiger partial charge on any atom is -0.368 e. The summed E-state index contributed by atoms with van der Waals surface area (Å²) in [5, 5.41) is 1.05. The molecule has 2 aromatic heterocycles. The van der Waals surface area contributed by atoms with Crippen molar-refractivity contribution in [3.8, 4) is 21.8 Å². The van der Waals surface area contributed by atoms with Gasteiger partial charge in [0.2, 0.25) is 16.0 Å². The summed E-state index contributed by atoms with van der Waals surface area (Å²) in [5.74, 6) is -0.325. The van der Waals surface area contributed by atoms with Crippen molar-refractivity contribution < 1.29 is 12.8 Å². The Bertz CT molecular complexity index is 1180. The third-order valence-corrected chi connectivity index (χ3v) is 6.11. The Labute approximate surface area is 169 Å². The molecule has 0 aliphatic heterocycles. The average molecular weight is 440 g/mol. The molecule has 146 valence electrons. The van der Waals surface area contributed by atoms with Gasteiger partial charge in [-0.3, -0.25) is 4.72 Å². The van der Waals surface area contributed by atoms with Gasteiger partial charge in [-0.2, -0.15) is 0 Å². The van der Waals surface area contributed by atoms with Gasteiger partial charge in [-0.1, -0.05) is 11.6 Å². The van der Waals surface area contributed by atoms with Crippen molar-refractivity contribution in [2.75, 3.05) is 16.7 Å². The lowest BCUT2D eigenvalue weighted by molar-refractivity contribution is 0.604. The number of sulfonamides is 1. The van der Waals surface area contributed by atoms with E-state index in [9.17, 15) is 8.42 Å². The SMILES string of the molecule is CS(=O)(=O)Nc1cc(Cl)cc(-c2nc(C3CC3)sc2-c2ccnc(N)n2)c1F. The van der Waals surface area contributed by atoms with E-state index < -0.39 is 15.8 Å². The molecule has 3 aromatic rings. The van der Waals surface area contributed by atoms with Crippen molar-refractivity contribution in [1.29, 1.82) is 0 Å². The monoisotopic (exact) mass is 439 g/mol. The Balaban J connectivity index is 1.92. The molecule has 0 saturated heterocycles. The minimum absolute atomic E-state index is 0.0917. The number of rotatable bonds is 5. The second-order valence-electron chi connectivity index (χ2n) is 6.49. The number of thiazole rings is 1. The summed E-state index contributed by atoms with van der Waals surface area (Å²) in [4.78, 5) is 13.4. The molecule has 1 aliphatic rings. The fourth-order valence-corrected chi connectivity index (χ4v) is 4.72. The summed E-state index contributed by atoms with van der Waals surface area (Å²) in [6, 6.07) is 4.31. The largest absolute Gasteiger partial charge is 0.368 e. The Morgan fingerprint density at radius 1 is 1.32 bits per heavy atom. The van der Waals surface area contributed by atoms with Crippen LogP contribution in [0.15, 0.2) is 24.4 Å². The zero-order chi connectivity index (χ0) is 20.1. The number of hydrogen-bond donors (Lipinski definition) is 2. The van der Waals surface area contributed by atoms with Crippen LogP contribution in [0.2, 0.25) is 5.02 Å². The highest BCUT2D eigenvalue weighted by molar-refractivity contribution is 7.92. The highest BCUT2D eigenvalue weighted by Gasteiger charge is 2.30. The zero-order valence-electron chi connectivity index (χ0n) is 14.6. The second kappa shape index (κ2) is 6.94. The van der Waals surface area contributed by atoms with E-state index in [0.717, 1.165) is 24.1 Å². The molecule has 11 heteroatoms. The standard InChI is InChI=1S/C17H15ClFN5O2S2/c1-28(25,26)24-12-7-9(18)6-10(13(12)19)14-15(11-4-5-21-17(20)22-11)27-16(23-14)8-2-3-8/h4-8,24H,2-3H2,1H3,(H2,20,21,22). The summed E-state index contributed by atoms with van der Waals surface area (Å²) in [5.41, 5.74) is 6.42. The Morgan fingerprint density at radius 2 is 2.07 bits per heavy atom. The summed E-state index contributed by atoms with van der Waals surface area (Å²) in [6.45, 7) is 0. The van der Waals surface area contributed by atoms with Crippen LogP contribution in [0.4, 0.5) is 16.0 Å². The van der Waals surface area contributed by atoms with Crippen LogP contribution in [0.5, 0.6) is 0 Å². The maximum atomic E-state index is 15.2. The summed E-state index contributed by atoms with van der Waals surface area (Å²) in [7, 11) is -3.69. The number of aromatic nitrogens is 3. The van der Waals surface area contributed by atoms with Crippen molar-refractivity contribution in [2.45, 2.75) is 18.8 Å². The Morgan fingerprint density at radius 3 is 2.71 bits per heavy atom. The van der Waals surface area contributed by atoms with Crippen molar-refractivity contribution in [2.24, 2.45) is 0 Å². The van der Waals surface area contributed by atoms with Crippen molar-refractivity contribution >= 4 is 44.6 Å². The first-order valence-electron chi connectivity index (χ1n) is 8.28. The molecule has 0 amide bonds. The topological polar surface area (TPSA) is 111 Å². The van der Waals surface area contributed by atoms with Crippen molar-refractivity contribution in [3.05, 3.63) is 40.2 Å². The van der Waals surface area contributed by atoms with E-state index in [4.69, 9.17) is 17.3 Å². The molecule has 28 heavy (non-hydrogen) atoms. The molecule has 0 atom stereocenters. The van der Waals surface area contributed by atoms with Crippen molar-refractivity contribution in [1.82, 2.24) is 15.0 Å². The molecule has 2 heterocycles. The predicted octanol–water partition coefficient (Wildman–Crippen LogP) is 3.89. The lowest BCUT2D eigenvalue weighted by atomic mass is 10.1. The summed E-state index contributed by atoms with van der Waals surface area (Å²) in [6.07, 6.45) is 4.51. The first-order valence-corrected chi connectivity index (χ1v) is 11.4. The zero-order valence-corrected chi connectivity index (χ0v) is 17.0. The lowest BCUT2D eigenvalue weighted by Gasteiger charge is -2.10. The second-order valence-corrected chi connectivity index (χ2v) is 9.71. The van der Waals surface area contributed by atoms with Gasteiger partial charge in [0.1, 0.15) is 0 Å². The van der Waals surface area contributed by atoms with Crippen LogP contribution in [0, 0.1) is 5.82 Å². The summed E-state index contributed by atoms with van der Waals surface area (Å²) >= 11 is 7.55. The molecule has 1 aromatic carbocycles. The van der Waals surface area contributed by atoms with Crippen LogP contribution in [0.1, 0.15) is 23.8 Å². The van der Waals surface area contributed by atoms with Gasteiger partial charge < -0.3 is 5.73 Å². The van der Waals surface area contributed by atoms with Gasteiger partial charge in [-0.05, 0) is 31.0 Å². The van der Waals surface area contributed by atoms with E-state index >= 15 is 4.39 Å². The van der Waals surface area contributed by atoms with Gasteiger partial charge in [0.25, 0.3) is 0 Å². The fourth-order valence-electron chi connectivity index (χ4n) is 2.73. The number of nitrogens with two attached hydrogens (primary N) is 1. The van der Waals surface area contributed by atoms with E-state index in [1.165, 1.54) is 29.7 Å². The fraction of sp³-hybridized carbons (Fsp3) is 0.235. The predicted molar refractivity (Wildman–Crippen MR) is 108 cm³/mol. The maximum absolute atomic E-state index is 15.2. The Kier molecular flexibility index (Phi) is 4.72. The van der Waals surface area contributed by atoms with Gasteiger partial charge in [-0.15, -0.1) is 11.3 Å². The molecular weight excluding hydrogens is 425 g/mol. The molecule has 0 bridgehead atoms. The molecule has 1 fully saturated rings. The molecule has 0 radical (unpaired) electrons. The molecule has 1 saturated carbocycles. The van der Waals surface area contributed by atoms with E-state index in [2.05, 4.69) is 19.7 Å². The first kappa shape index (κ1) is 19.0. The van der Waals surface area contributed by atoms with Gasteiger partial charge in [0, 0.05) is 22.7 Å². The Hall–Kier alpha value is -2.30. The molecule has 0 spiro atoms. The normalized spacial score (nSPS) is 14.2. The molecule has 3 N–H and O–H groups in total. The minimum atomic E-state index is -3.69. The molecule has 4 rings (SSSR count). The number of nitrogen functional groups attached to an aromatic ring is 1. The molecular formula is C17H15ClFN5O2S2. The van der Waals surface area contributed by atoms with Crippen LogP contribution < -0.4 is 10.5 Å². The number of hydrogen-bond acceptors (Lipinski definition) is 7. The molecule has 1 aliphatic carbocycles. The van der Waals surface area contributed by atoms with E-state index in [0.29, 0.717) is 22.2 Å². The van der Waals surface area contributed by atoms with Gasteiger partial charge >= 0.3 is 0 Å². The first-order chi connectivity index (χ1) is 13.2. The highest BCUT2D eigenvalue weighted by atomic mass is 35.5. The van der Waals surface area contributed by atoms with Gasteiger partial charge in [0.15, 0.2) is 5.82 Å². The van der Waals surface area contributed by atoms with Crippen LogP contribution in [0.25, 0.3) is 21.8 Å². The quantitative estimate of drug-likeness (QED) is 0.623. The summed E-state index contributed by atoms with van der Waals surface area (Å²) < 4.78 is 40.5. The van der Waals surface area contributed by atoms with Crippen LogP contribution in [-0.2, 0) is 10.0 Å². The van der Waals surface area contributed by atoms with Gasteiger partial charge in [0.05, 0.1) is 33.2 Å². The third-order valence-electron chi connectivity index (χ3n) is 4.07. The number of anilines is 2. The average Bonchev–Trinajstić information content (AvgIpc) is 3.35. The third kappa shape index (κ3) is 3.94.